The molecule has 0 radical (unpaired) electrons. The van der Waals surface area contributed by atoms with E-state index in [1.165, 1.54) is 4.90 Å². The van der Waals surface area contributed by atoms with Crippen molar-refractivity contribution in [1.82, 2.24) is 10.2 Å². The van der Waals surface area contributed by atoms with Gasteiger partial charge < -0.3 is 14.4 Å². The second-order valence-corrected chi connectivity index (χ2v) is 3.80. The second-order valence-electron chi connectivity index (χ2n) is 3.80. The Morgan fingerprint density at radius 3 is 2.44 bits per heavy atom. The Hall–Kier alpha value is -2.24. The lowest BCUT2D eigenvalue weighted by molar-refractivity contribution is -0.118. The van der Waals surface area contributed by atoms with Crippen molar-refractivity contribution in [2.75, 3.05) is 26.8 Å². The average Bonchev–Trinajstić information content (AvgIpc) is 2.69. The lowest BCUT2D eigenvalue weighted by Gasteiger charge is -2.13. The first-order chi connectivity index (χ1) is 8.69. The van der Waals surface area contributed by atoms with Crippen LogP contribution in [0.25, 0.3) is 0 Å². The van der Waals surface area contributed by atoms with Gasteiger partial charge >= 0.3 is 6.03 Å². The van der Waals surface area contributed by atoms with E-state index in [4.69, 9.17) is 9.47 Å². The first-order valence-corrected chi connectivity index (χ1v) is 5.54. The molecule has 1 fully saturated rings. The first kappa shape index (κ1) is 12.2. The molecule has 1 N–H and O–H groups in total. The molecule has 0 spiro atoms. The quantitative estimate of drug-likeness (QED) is 0.778. The number of carbonyl (C=O) groups is 2. The standard InChI is InChI=1S/C12H14N2O4/c1-17-9-2-4-10(5-3-9)18-7-6-14-8-11(15)13-12(14)16/h2-5H,6-8H2,1H3,(H,13,15,16). The second kappa shape index (κ2) is 5.39. The molecule has 1 aliphatic rings. The van der Waals surface area contributed by atoms with Gasteiger partial charge in [0, 0.05) is 0 Å². The van der Waals surface area contributed by atoms with Crippen molar-refractivity contribution in [3.05, 3.63) is 24.3 Å². The Bertz CT molecular complexity index is 444. The van der Waals surface area contributed by atoms with Crippen LogP contribution in [0.15, 0.2) is 24.3 Å². The van der Waals surface area contributed by atoms with Crippen LogP contribution in [0.1, 0.15) is 0 Å². The van der Waals surface area contributed by atoms with E-state index in [1.807, 2.05) is 0 Å². The van der Waals surface area contributed by atoms with Gasteiger partial charge in [0.25, 0.3) is 0 Å². The summed E-state index contributed by atoms with van der Waals surface area (Å²) < 4.78 is 10.5. The molecule has 1 aliphatic heterocycles. The molecule has 6 heteroatoms. The number of urea groups is 1. The molecule has 96 valence electrons. The summed E-state index contributed by atoms with van der Waals surface area (Å²) in [4.78, 5) is 23.6. The summed E-state index contributed by atoms with van der Waals surface area (Å²) in [5.41, 5.74) is 0. The van der Waals surface area contributed by atoms with Gasteiger partial charge in [0.2, 0.25) is 5.91 Å². The van der Waals surface area contributed by atoms with Crippen molar-refractivity contribution in [3.63, 3.8) is 0 Å². The van der Waals surface area contributed by atoms with E-state index in [0.29, 0.717) is 18.9 Å². The van der Waals surface area contributed by atoms with Crippen LogP contribution in [0.2, 0.25) is 0 Å². The Kier molecular flexibility index (Phi) is 3.66. The van der Waals surface area contributed by atoms with Crippen LogP contribution in [0.4, 0.5) is 4.79 Å². The van der Waals surface area contributed by atoms with Crippen molar-refractivity contribution in [3.8, 4) is 11.5 Å². The largest absolute Gasteiger partial charge is 0.497 e. The summed E-state index contributed by atoms with van der Waals surface area (Å²) in [6, 6.07) is 6.80. The third kappa shape index (κ3) is 2.91. The molecule has 18 heavy (non-hydrogen) atoms. The van der Waals surface area contributed by atoms with Crippen LogP contribution in [-0.4, -0.2) is 43.6 Å². The Labute approximate surface area is 104 Å². The molecule has 1 heterocycles. The fourth-order valence-corrected chi connectivity index (χ4v) is 1.61. The van der Waals surface area contributed by atoms with Gasteiger partial charge in [-0.3, -0.25) is 10.1 Å². The fourth-order valence-electron chi connectivity index (χ4n) is 1.61. The average molecular weight is 250 g/mol. The summed E-state index contributed by atoms with van der Waals surface area (Å²) in [5.74, 6) is 1.18. The van der Waals surface area contributed by atoms with Crippen LogP contribution in [0.3, 0.4) is 0 Å². The predicted octanol–water partition coefficient (Wildman–Crippen LogP) is 0.626. The molecule has 0 bridgehead atoms. The maximum Gasteiger partial charge on any atom is 0.324 e. The Balaban J connectivity index is 1.78. The van der Waals surface area contributed by atoms with E-state index >= 15 is 0 Å². The maximum absolute atomic E-state index is 11.2. The molecular weight excluding hydrogens is 236 g/mol. The summed E-state index contributed by atoms with van der Waals surface area (Å²) in [7, 11) is 1.60. The van der Waals surface area contributed by atoms with Crippen LogP contribution in [0, 0.1) is 0 Å². The molecule has 0 unspecified atom stereocenters. The van der Waals surface area contributed by atoms with Crippen molar-refractivity contribution in [1.29, 1.82) is 0 Å². The van der Waals surface area contributed by atoms with Crippen LogP contribution >= 0.6 is 0 Å². The highest BCUT2D eigenvalue weighted by molar-refractivity contribution is 6.01. The number of amides is 3. The Morgan fingerprint density at radius 1 is 1.22 bits per heavy atom. The summed E-state index contributed by atoms with van der Waals surface area (Å²) in [5, 5.41) is 2.21. The molecule has 0 aromatic heterocycles. The predicted molar refractivity (Wildman–Crippen MR) is 63.6 cm³/mol. The molecule has 3 amide bonds. The number of hydrogen-bond donors (Lipinski definition) is 1. The molecule has 0 atom stereocenters. The third-order valence-corrected chi connectivity index (χ3v) is 2.56. The highest BCUT2D eigenvalue weighted by atomic mass is 16.5. The molecule has 2 rings (SSSR count). The summed E-state index contributed by atoms with van der Waals surface area (Å²) >= 11 is 0. The molecule has 1 aromatic carbocycles. The zero-order valence-electron chi connectivity index (χ0n) is 10.0. The van der Waals surface area contributed by atoms with Crippen molar-refractivity contribution in [2.45, 2.75) is 0 Å². The van der Waals surface area contributed by atoms with Crippen molar-refractivity contribution in [2.24, 2.45) is 0 Å². The van der Waals surface area contributed by atoms with Gasteiger partial charge in [-0.2, -0.15) is 0 Å². The summed E-state index contributed by atoms with van der Waals surface area (Å²) in [6.07, 6.45) is 0. The third-order valence-electron chi connectivity index (χ3n) is 2.56. The number of nitrogens with one attached hydrogen (secondary N) is 1. The highest BCUT2D eigenvalue weighted by Gasteiger charge is 2.25. The van der Waals surface area contributed by atoms with Crippen molar-refractivity contribution < 1.29 is 19.1 Å². The van der Waals surface area contributed by atoms with E-state index in [0.717, 1.165) is 5.75 Å². The number of nitrogens with zero attached hydrogens (tertiary/aromatic N) is 1. The van der Waals surface area contributed by atoms with Crippen LogP contribution < -0.4 is 14.8 Å². The molecule has 0 saturated carbocycles. The van der Waals surface area contributed by atoms with Gasteiger partial charge in [-0.25, -0.2) is 4.79 Å². The van der Waals surface area contributed by atoms with Gasteiger partial charge in [-0.1, -0.05) is 0 Å². The van der Waals surface area contributed by atoms with Gasteiger partial charge in [0.15, 0.2) is 0 Å². The van der Waals surface area contributed by atoms with Gasteiger partial charge in [-0.15, -0.1) is 0 Å². The van der Waals surface area contributed by atoms with Crippen molar-refractivity contribution >= 4 is 11.9 Å². The zero-order valence-corrected chi connectivity index (χ0v) is 10.0. The minimum absolute atomic E-state index is 0.102. The van der Waals surface area contributed by atoms with E-state index in [9.17, 15) is 9.59 Å². The lowest BCUT2D eigenvalue weighted by atomic mass is 10.3. The molecule has 6 nitrogen and oxygen atoms in total. The normalized spacial score (nSPS) is 14.6. The number of benzene rings is 1. The number of imide groups is 1. The van der Waals surface area contributed by atoms with Gasteiger partial charge in [-0.05, 0) is 24.3 Å². The topological polar surface area (TPSA) is 67.9 Å². The molecule has 1 saturated heterocycles. The lowest BCUT2D eigenvalue weighted by Crippen LogP contribution is -2.31. The summed E-state index contributed by atoms with van der Waals surface area (Å²) in [6.45, 7) is 0.821. The smallest absolute Gasteiger partial charge is 0.324 e. The zero-order chi connectivity index (χ0) is 13.0. The highest BCUT2D eigenvalue weighted by Crippen LogP contribution is 2.16. The number of carbonyl (C=O) groups excluding carboxylic acids is 2. The SMILES string of the molecule is COc1ccc(OCCN2CC(=O)NC2=O)cc1. The minimum atomic E-state index is -0.363. The van der Waals surface area contributed by atoms with E-state index < -0.39 is 0 Å². The van der Waals surface area contributed by atoms with E-state index in [2.05, 4.69) is 5.32 Å². The molecular formula is C12H14N2O4. The number of ether oxygens (including phenoxy) is 2. The molecule has 0 aliphatic carbocycles. The number of hydrogen-bond acceptors (Lipinski definition) is 4. The number of rotatable bonds is 5. The number of methoxy groups -OCH3 is 1. The maximum atomic E-state index is 11.2. The monoisotopic (exact) mass is 250 g/mol. The fraction of sp³-hybridized carbons (Fsp3) is 0.333. The minimum Gasteiger partial charge on any atom is -0.497 e. The first-order valence-electron chi connectivity index (χ1n) is 5.54. The van der Waals surface area contributed by atoms with Crippen LogP contribution in [0.5, 0.6) is 11.5 Å². The van der Waals surface area contributed by atoms with E-state index in [1.54, 1.807) is 31.4 Å². The van der Waals surface area contributed by atoms with Gasteiger partial charge in [0.05, 0.1) is 13.7 Å². The van der Waals surface area contributed by atoms with Gasteiger partial charge in [0.1, 0.15) is 24.7 Å². The molecule has 1 aromatic rings. The van der Waals surface area contributed by atoms with E-state index in [-0.39, 0.29) is 18.5 Å². The van der Waals surface area contributed by atoms with Crippen LogP contribution in [-0.2, 0) is 4.79 Å². The Morgan fingerprint density at radius 2 is 1.89 bits per heavy atom.